The van der Waals surface area contributed by atoms with Gasteiger partial charge in [-0.3, -0.25) is 4.72 Å². The molecule has 108 valence electrons. The van der Waals surface area contributed by atoms with Gasteiger partial charge in [-0.15, -0.1) is 0 Å². The highest BCUT2D eigenvalue weighted by molar-refractivity contribution is 9.10. The molecule has 0 unspecified atom stereocenters. The van der Waals surface area contributed by atoms with E-state index in [0.29, 0.717) is 5.69 Å². The number of aryl methyl sites for hydroxylation is 1. The fraction of sp³-hybridized carbons (Fsp3) is 0.167. The Morgan fingerprint density at radius 2 is 2.00 bits per heavy atom. The summed E-state index contributed by atoms with van der Waals surface area (Å²) in [6.07, 6.45) is 0. The van der Waals surface area contributed by atoms with Gasteiger partial charge in [0, 0.05) is 16.2 Å². The van der Waals surface area contributed by atoms with Gasteiger partial charge in [-0.1, -0.05) is 22.0 Å². The van der Waals surface area contributed by atoms with E-state index in [1.807, 2.05) is 6.92 Å². The highest BCUT2D eigenvalue weighted by Gasteiger charge is 2.22. The summed E-state index contributed by atoms with van der Waals surface area (Å²) < 4.78 is 32.9. The summed E-state index contributed by atoms with van der Waals surface area (Å²) in [4.78, 5) is -0.0572. The van der Waals surface area contributed by atoms with Crippen molar-refractivity contribution in [2.75, 3.05) is 4.72 Å². The van der Waals surface area contributed by atoms with Crippen LogP contribution in [-0.4, -0.2) is 13.5 Å². The highest BCUT2D eigenvalue weighted by Crippen LogP contribution is 2.29. The van der Waals surface area contributed by atoms with Gasteiger partial charge in [0.05, 0.1) is 0 Å². The Balaban J connectivity index is 2.35. The maximum absolute atomic E-state index is 12.2. The SMILES string of the molecule is Cc1ccc(NS(=O)(=O)c2cc(CO)oc2Br)cc1Br. The second kappa shape index (κ2) is 5.88. The maximum Gasteiger partial charge on any atom is 0.266 e. The van der Waals surface area contributed by atoms with E-state index in [-0.39, 0.29) is 21.9 Å². The lowest BCUT2D eigenvalue weighted by Crippen LogP contribution is -2.12. The quantitative estimate of drug-likeness (QED) is 0.788. The van der Waals surface area contributed by atoms with Gasteiger partial charge < -0.3 is 9.52 Å². The smallest absolute Gasteiger partial charge is 0.266 e. The van der Waals surface area contributed by atoms with Gasteiger partial charge in [0.2, 0.25) is 0 Å². The van der Waals surface area contributed by atoms with E-state index in [1.165, 1.54) is 6.07 Å². The Labute approximate surface area is 133 Å². The summed E-state index contributed by atoms with van der Waals surface area (Å²) in [5.74, 6) is 0.169. The third kappa shape index (κ3) is 3.25. The molecule has 1 aromatic heterocycles. The zero-order valence-electron chi connectivity index (χ0n) is 10.4. The number of nitrogens with one attached hydrogen (secondary N) is 1. The topological polar surface area (TPSA) is 79.5 Å². The Morgan fingerprint density at radius 1 is 1.30 bits per heavy atom. The molecule has 0 radical (unpaired) electrons. The number of halogens is 2. The lowest BCUT2D eigenvalue weighted by atomic mass is 10.2. The molecular formula is C12H11Br2NO4S. The highest BCUT2D eigenvalue weighted by atomic mass is 79.9. The second-order valence-electron chi connectivity index (χ2n) is 4.08. The Bertz CT molecular complexity index is 740. The number of furan rings is 1. The zero-order valence-corrected chi connectivity index (χ0v) is 14.3. The molecule has 2 aromatic rings. The number of anilines is 1. The number of rotatable bonds is 4. The predicted molar refractivity (Wildman–Crippen MR) is 82.0 cm³/mol. The molecular weight excluding hydrogens is 414 g/mol. The molecule has 0 saturated carbocycles. The molecule has 20 heavy (non-hydrogen) atoms. The summed E-state index contributed by atoms with van der Waals surface area (Å²) in [7, 11) is -3.79. The van der Waals surface area contributed by atoms with Crippen molar-refractivity contribution in [2.24, 2.45) is 0 Å². The van der Waals surface area contributed by atoms with Crippen LogP contribution in [0.2, 0.25) is 0 Å². The monoisotopic (exact) mass is 423 g/mol. The standard InChI is InChI=1S/C12H11Br2NO4S/c1-7-2-3-8(4-10(7)13)15-20(17,18)11-5-9(6-16)19-12(11)14/h2-5,15-16H,6H2,1H3. The van der Waals surface area contributed by atoms with Gasteiger partial charge in [0.1, 0.15) is 17.3 Å². The van der Waals surface area contributed by atoms with Crippen molar-refractivity contribution in [3.63, 3.8) is 0 Å². The first-order chi connectivity index (χ1) is 9.33. The van der Waals surface area contributed by atoms with Crippen LogP contribution in [0, 0.1) is 6.92 Å². The summed E-state index contributed by atoms with van der Waals surface area (Å²) in [5.41, 5.74) is 1.43. The molecule has 0 saturated heterocycles. The molecule has 0 fully saturated rings. The molecule has 2 N–H and O–H groups in total. The predicted octanol–water partition coefficient (Wildman–Crippen LogP) is 3.41. The van der Waals surface area contributed by atoms with Gasteiger partial charge in [-0.05, 0) is 40.5 Å². The minimum absolute atomic E-state index is 0.0558. The van der Waals surface area contributed by atoms with Gasteiger partial charge in [-0.25, -0.2) is 8.42 Å². The summed E-state index contributed by atoms with van der Waals surface area (Å²) in [6, 6.07) is 6.41. The second-order valence-corrected chi connectivity index (χ2v) is 7.30. The van der Waals surface area contributed by atoms with Gasteiger partial charge in [0.15, 0.2) is 4.67 Å². The molecule has 1 aromatic carbocycles. The molecule has 8 heteroatoms. The van der Waals surface area contributed by atoms with Crippen molar-refractivity contribution in [1.29, 1.82) is 0 Å². The van der Waals surface area contributed by atoms with E-state index in [0.717, 1.165) is 10.0 Å². The van der Waals surface area contributed by atoms with Gasteiger partial charge in [-0.2, -0.15) is 0 Å². The van der Waals surface area contributed by atoms with E-state index >= 15 is 0 Å². The van der Waals surface area contributed by atoms with Crippen molar-refractivity contribution in [3.8, 4) is 0 Å². The number of sulfonamides is 1. The molecule has 5 nitrogen and oxygen atoms in total. The van der Waals surface area contributed by atoms with Crippen LogP contribution < -0.4 is 4.72 Å². The van der Waals surface area contributed by atoms with Gasteiger partial charge >= 0.3 is 0 Å². The van der Waals surface area contributed by atoms with Crippen LogP contribution in [0.15, 0.2) is 42.7 Å². The third-order valence-corrected chi connectivity index (χ3v) is 5.67. The number of benzene rings is 1. The Hall–Kier alpha value is -0.830. The van der Waals surface area contributed by atoms with Crippen LogP contribution in [-0.2, 0) is 16.6 Å². The van der Waals surface area contributed by atoms with Crippen LogP contribution >= 0.6 is 31.9 Å². The average Bonchev–Trinajstić information content (AvgIpc) is 2.76. The van der Waals surface area contributed by atoms with Crippen molar-refractivity contribution in [3.05, 3.63) is 44.7 Å². The van der Waals surface area contributed by atoms with Crippen LogP contribution in [0.3, 0.4) is 0 Å². The summed E-state index contributed by atoms with van der Waals surface area (Å²) >= 11 is 6.37. The van der Waals surface area contributed by atoms with Gasteiger partial charge in [0.25, 0.3) is 10.0 Å². The summed E-state index contributed by atoms with van der Waals surface area (Å²) in [5, 5.41) is 8.96. The van der Waals surface area contributed by atoms with Crippen LogP contribution in [0.4, 0.5) is 5.69 Å². The van der Waals surface area contributed by atoms with E-state index in [4.69, 9.17) is 9.52 Å². The first-order valence-corrected chi connectivity index (χ1v) is 8.58. The van der Waals surface area contributed by atoms with Crippen molar-refractivity contribution < 1.29 is 17.9 Å². The first kappa shape index (κ1) is 15.6. The molecule has 0 aliphatic carbocycles. The molecule has 0 amide bonds. The molecule has 0 spiro atoms. The fourth-order valence-electron chi connectivity index (χ4n) is 1.53. The van der Waals surface area contributed by atoms with Crippen LogP contribution in [0.1, 0.15) is 11.3 Å². The van der Waals surface area contributed by atoms with Crippen molar-refractivity contribution in [2.45, 2.75) is 18.4 Å². The van der Waals surface area contributed by atoms with Crippen molar-refractivity contribution in [1.82, 2.24) is 0 Å². The molecule has 0 aliphatic rings. The normalized spacial score (nSPS) is 11.6. The minimum Gasteiger partial charge on any atom is -0.450 e. The molecule has 0 bridgehead atoms. The zero-order chi connectivity index (χ0) is 14.9. The maximum atomic E-state index is 12.2. The van der Waals surface area contributed by atoms with E-state index in [9.17, 15) is 8.42 Å². The summed E-state index contributed by atoms with van der Waals surface area (Å²) in [6.45, 7) is 1.53. The lowest BCUT2D eigenvalue weighted by molar-refractivity contribution is 0.245. The minimum atomic E-state index is -3.79. The Kier molecular flexibility index (Phi) is 4.58. The first-order valence-electron chi connectivity index (χ1n) is 5.51. The molecule has 1 heterocycles. The molecule has 0 atom stereocenters. The van der Waals surface area contributed by atoms with E-state index < -0.39 is 10.0 Å². The van der Waals surface area contributed by atoms with Crippen LogP contribution in [0.25, 0.3) is 0 Å². The van der Waals surface area contributed by atoms with E-state index in [2.05, 4.69) is 36.6 Å². The van der Waals surface area contributed by atoms with Crippen molar-refractivity contribution >= 4 is 47.6 Å². The number of hydrogen-bond donors (Lipinski definition) is 2. The largest absolute Gasteiger partial charge is 0.450 e. The number of hydrogen-bond acceptors (Lipinski definition) is 4. The lowest BCUT2D eigenvalue weighted by Gasteiger charge is -2.08. The number of aliphatic hydroxyl groups excluding tert-OH is 1. The fourth-order valence-corrected chi connectivity index (χ4v) is 3.95. The molecule has 2 rings (SSSR count). The van der Waals surface area contributed by atoms with E-state index in [1.54, 1.807) is 18.2 Å². The molecule has 0 aliphatic heterocycles. The number of aliphatic hydroxyl groups is 1. The third-order valence-electron chi connectivity index (χ3n) is 2.58. The van der Waals surface area contributed by atoms with Crippen LogP contribution in [0.5, 0.6) is 0 Å². The average molecular weight is 425 g/mol. The Morgan fingerprint density at radius 3 is 2.55 bits per heavy atom.